The minimum Gasteiger partial charge on any atom is -0.331 e. The Morgan fingerprint density at radius 1 is 1.30 bits per heavy atom. The van der Waals surface area contributed by atoms with E-state index in [-0.39, 0.29) is 12.1 Å². The van der Waals surface area contributed by atoms with Crippen molar-refractivity contribution in [3.05, 3.63) is 68.8 Å². The maximum absolute atomic E-state index is 12.7. The number of hydrogen-bond acceptors (Lipinski definition) is 3. The average molecular weight is 487 g/mol. The number of rotatable bonds is 5. The second-order valence-corrected chi connectivity index (χ2v) is 9.65. The molecule has 4 rings (SSSR count). The van der Waals surface area contributed by atoms with Crippen LogP contribution in [0.3, 0.4) is 0 Å². The van der Waals surface area contributed by atoms with E-state index >= 15 is 0 Å². The number of urea groups is 1. The van der Waals surface area contributed by atoms with Crippen LogP contribution in [0.25, 0.3) is 5.00 Å². The minimum absolute atomic E-state index is 0.0906. The van der Waals surface area contributed by atoms with Crippen LogP contribution in [0.15, 0.2) is 47.2 Å². The molecule has 0 bridgehead atoms. The number of hydrogen-bond donors (Lipinski definition) is 2. The van der Waals surface area contributed by atoms with Crippen molar-refractivity contribution in [2.24, 2.45) is 0 Å². The topological polar surface area (TPSA) is 49.3 Å². The highest BCUT2D eigenvalue weighted by Crippen LogP contribution is 2.39. The van der Waals surface area contributed by atoms with E-state index in [0.29, 0.717) is 0 Å². The number of fused-ring (bicyclic) bond motifs is 1. The molecule has 1 unspecified atom stereocenters. The first kappa shape index (κ1) is 21.2. The number of likely N-dealkylation sites (N-methyl/N-ethyl adjacent to an activating group) is 1. The van der Waals surface area contributed by atoms with Crippen molar-refractivity contribution < 1.29 is 4.79 Å². The van der Waals surface area contributed by atoms with E-state index in [9.17, 15) is 4.79 Å². The van der Waals surface area contributed by atoms with Crippen molar-refractivity contribution >= 4 is 39.0 Å². The number of thiophene rings is 1. The average Bonchev–Trinajstić information content (AvgIpc) is 3.37. The fourth-order valence-electron chi connectivity index (χ4n) is 4.00. The number of carbonyl (C=O) groups is 1. The number of anilines is 1. The first-order chi connectivity index (χ1) is 14.5. The minimum atomic E-state index is -0.186. The molecule has 5 nitrogen and oxygen atoms in total. The second kappa shape index (κ2) is 8.96. The van der Waals surface area contributed by atoms with Crippen molar-refractivity contribution in [3.8, 4) is 5.00 Å². The number of nitrogens with zero attached hydrogens (tertiary/aromatic N) is 2. The molecule has 2 N–H and O–H groups in total. The highest BCUT2D eigenvalue weighted by molar-refractivity contribution is 9.10. The summed E-state index contributed by atoms with van der Waals surface area (Å²) in [5.74, 6) is 0. The van der Waals surface area contributed by atoms with E-state index < -0.39 is 0 Å². The Hall–Kier alpha value is -2.09. The molecule has 0 spiro atoms. The van der Waals surface area contributed by atoms with Gasteiger partial charge in [-0.25, -0.2) is 4.79 Å². The molecule has 158 valence electrons. The number of amides is 2. The van der Waals surface area contributed by atoms with Gasteiger partial charge in [0.1, 0.15) is 5.00 Å². The van der Waals surface area contributed by atoms with E-state index in [2.05, 4.69) is 62.3 Å². The molecule has 3 aromatic rings. The highest BCUT2D eigenvalue weighted by Gasteiger charge is 2.27. The number of benzene rings is 1. The lowest BCUT2D eigenvalue weighted by molar-refractivity contribution is 0.249. The van der Waals surface area contributed by atoms with Gasteiger partial charge >= 0.3 is 6.03 Å². The third-order valence-electron chi connectivity index (χ3n) is 5.64. The van der Waals surface area contributed by atoms with Gasteiger partial charge in [-0.15, -0.1) is 11.3 Å². The van der Waals surface area contributed by atoms with Crippen molar-refractivity contribution in [1.82, 2.24) is 14.8 Å². The van der Waals surface area contributed by atoms with Crippen LogP contribution in [0.1, 0.15) is 41.5 Å². The lowest BCUT2D eigenvalue weighted by Gasteiger charge is -2.26. The third-order valence-corrected chi connectivity index (χ3v) is 7.78. The van der Waals surface area contributed by atoms with Gasteiger partial charge < -0.3 is 15.2 Å². The van der Waals surface area contributed by atoms with Crippen LogP contribution in [-0.2, 0) is 13.0 Å². The maximum atomic E-state index is 12.7. The number of halogens is 1. The Morgan fingerprint density at radius 3 is 2.77 bits per heavy atom. The van der Waals surface area contributed by atoms with Crippen molar-refractivity contribution in [1.29, 1.82) is 0 Å². The first-order valence-corrected chi connectivity index (χ1v) is 11.9. The largest absolute Gasteiger partial charge is 0.331 e. The van der Waals surface area contributed by atoms with Crippen LogP contribution in [0, 0.1) is 6.92 Å². The molecule has 1 aromatic carbocycles. The fourth-order valence-corrected chi connectivity index (χ4v) is 5.70. The number of aryl methyl sites for hydroxylation is 1. The lowest BCUT2D eigenvalue weighted by atomic mass is 9.98. The Kier molecular flexibility index (Phi) is 6.32. The zero-order valence-electron chi connectivity index (χ0n) is 17.5. The van der Waals surface area contributed by atoms with Crippen LogP contribution < -0.4 is 10.6 Å². The summed E-state index contributed by atoms with van der Waals surface area (Å²) in [6, 6.07) is 9.63. The quantitative estimate of drug-likeness (QED) is 0.473. The Morgan fingerprint density at radius 2 is 2.07 bits per heavy atom. The lowest BCUT2D eigenvalue weighted by Crippen LogP contribution is -2.33. The van der Waals surface area contributed by atoms with Crippen LogP contribution in [0.2, 0.25) is 0 Å². The van der Waals surface area contributed by atoms with Gasteiger partial charge in [-0.2, -0.15) is 0 Å². The summed E-state index contributed by atoms with van der Waals surface area (Å²) in [5, 5.41) is 7.34. The predicted octanol–water partition coefficient (Wildman–Crippen LogP) is 5.87. The van der Waals surface area contributed by atoms with Gasteiger partial charge in [0.25, 0.3) is 0 Å². The van der Waals surface area contributed by atoms with Crippen LogP contribution in [0.5, 0.6) is 0 Å². The Balaban J connectivity index is 1.58. The summed E-state index contributed by atoms with van der Waals surface area (Å²) < 4.78 is 3.20. The standard InChI is InChI=1S/C23H27BrN4OS/c1-4-27-12-9-18-20(14-27)30-22(28-10-5-6-11-28)21(18)16(3)25-23(29)26-17-7-8-19(24)15(2)13-17/h5-8,10-11,13,16H,4,9,12,14H2,1-3H3,(H2,25,26,29). The van der Waals surface area contributed by atoms with Gasteiger partial charge in [-0.1, -0.05) is 22.9 Å². The molecular weight excluding hydrogens is 460 g/mol. The summed E-state index contributed by atoms with van der Waals surface area (Å²) in [5.41, 5.74) is 4.52. The van der Waals surface area contributed by atoms with E-state index in [1.165, 1.54) is 21.0 Å². The molecule has 0 saturated heterocycles. The van der Waals surface area contributed by atoms with Crippen molar-refractivity contribution in [2.45, 2.75) is 39.8 Å². The number of carbonyl (C=O) groups excluding carboxylic acids is 1. The SMILES string of the molecule is CCN1CCc2c(sc(-n3cccc3)c2C(C)NC(=O)Nc2ccc(Br)c(C)c2)C1. The van der Waals surface area contributed by atoms with Gasteiger partial charge in [0.05, 0.1) is 6.04 Å². The zero-order chi connectivity index (χ0) is 21.3. The number of nitrogens with one attached hydrogen (secondary N) is 2. The summed E-state index contributed by atoms with van der Waals surface area (Å²) >= 11 is 5.35. The van der Waals surface area contributed by atoms with E-state index in [4.69, 9.17) is 0 Å². The summed E-state index contributed by atoms with van der Waals surface area (Å²) in [6.45, 7) is 9.42. The molecule has 0 aliphatic carbocycles. The molecular formula is C23H27BrN4OS. The van der Waals surface area contributed by atoms with Crippen molar-refractivity contribution in [2.75, 3.05) is 18.4 Å². The molecule has 2 amide bonds. The molecule has 2 aromatic heterocycles. The maximum Gasteiger partial charge on any atom is 0.319 e. The van der Waals surface area contributed by atoms with Crippen molar-refractivity contribution in [3.63, 3.8) is 0 Å². The van der Waals surface area contributed by atoms with Gasteiger partial charge in [0.2, 0.25) is 0 Å². The van der Waals surface area contributed by atoms with Gasteiger partial charge in [0, 0.05) is 46.1 Å². The molecule has 3 heterocycles. The first-order valence-electron chi connectivity index (χ1n) is 10.3. The Labute approximate surface area is 190 Å². The molecule has 1 atom stereocenters. The van der Waals surface area contributed by atoms with Gasteiger partial charge in [-0.3, -0.25) is 4.90 Å². The molecule has 0 radical (unpaired) electrons. The molecule has 7 heteroatoms. The smallest absolute Gasteiger partial charge is 0.319 e. The van der Waals surface area contributed by atoms with Gasteiger partial charge in [0.15, 0.2) is 0 Å². The zero-order valence-corrected chi connectivity index (χ0v) is 19.9. The number of aromatic nitrogens is 1. The highest BCUT2D eigenvalue weighted by atomic mass is 79.9. The predicted molar refractivity (Wildman–Crippen MR) is 128 cm³/mol. The van der Waals surface area contributed by atoms with E-state index in [0.717, 1.165) is 41.8 Å². The van der Waals surface area contributed by atoms with E-state index in [1.54, 1.807) is 0 Å². The molecule has 1 aliphatic rings. The fraction of sp³-hybridized carbons (Fsp3) is 0.348. The summed E-state index contributed by atoms with van der Waals surface area (Å²) in [4.78, 5) is 16.6. The second-order valence-electron chi connectivity index (χ2n) is 7.72. The van der Waals surface area contributed by atoms with Crippen LogP contribution >= 0.6 is 27.3 Å². The van der Waals surface area contributed by atoms with Gasteiger partial charge in [-0.05, 0) is 68.3 Å². The summed E-state index contributed by atoms with van der Waals surface area (Å²) in [7, 11) is 0. The molecule has 0 saturated carbocycles. The normalized spacial score (nSPS) is 14.9. The third kappa shape index (κ3) is 4.33. The summed E-state index contributed by atoms with van der Waals surface area (Å²) in [6.07, 6.45) is 5.18. The van der Waals surface area contributed by atoms with Crippen LogP contribution in [0.4, 0.5) is 10.5 Å². The van der Waals surface area contributed by atoms with Crippen LogP contribution in [-0.4, -0.2) is 28.6 Å². The molecule has 1 aliphatic heterocycles. The van der Waals surface area contributed by atoms with E-state index in [1.807, 2.05) is 48.6 Å². The molecule has 0 fully saturated rings. The monoisotopic (exact) mass is 486 g/mol. The molecule has 30 heavy (non-hydrogen) atoms. The Bertz CT molecular complexity index is 1040.